The van der Waals surface area contributed by atoms with Gasteiger partial charge in [0.1, 0.15) is 11.7 Å². The number of benzene rings is 1. The molecule has 0 bridgehead atoms. The number of hydrogen-bond donors (Lipinski definition) is 1. The zero-order valence-corrected chi connectivity index (χ0v) is 14.7. The summed E-state index contributed by atoms with van der Waals surface area (Å²) in [5, 5.41) is 10.6. The molecule has 0 unspecified atom stereocenters. The number of nitrogens with zero attached hydrogens (tertiary/aromatic N) is 2. The highest BCUT2D eigenvalue weighted by Gasteiger charge is 2.53. The number of pyridine rings is 1. The van der Waals surface area contributed by atoms with Gasteiger partial charge in [-0.1, -0.05) is 30.3 Å². The molecule has 1 aromatic heterocycles. The van der Waals surface area contributed by atoms with E-state index in [9.17, 15) is 14.7 Å². The van der Waals surface area contributed by atoms with Gasteiger partial charge in [0.05, 0.1) is 18.7 Å². The monoisotopic (exact) mass is 354 g/mol. The predicted molar refractivity (Wildman–Crippen MR) is 96.1 cm³/mol. The van der Waals surface area contributed by atoms with E-state index in [1.165, 1.54) is 28.5 Å². The Hall–Kier alpha value is -2.44. The molecule has 136 valence electrons. The number of aryl methyl sites for hydroxylation is 1. The topological polar surface area (TPSA) is 71.8 Å². The molecule has 2 aromatic rings. The van der Waals surface area contributed by atoms with Crippen LogP contribution in [0.15, 0.2) is 53.5 Å². The third-order valence-electron chi connectivity index (χ3n) is 5.51. The first-order valence-electron chi connectivity index (χ1n) is 8.81. The molecule has 26 heavy (non-hydrogen) atoms. The maximum Gasteiger partial charge on any atom is 0.255 e. The van der Waals surface area contributed by atoms with Gasteiger partial charge in [-0.15, -0.1) is 0 Å². The van der Waals surface area contributed by atoms with E-state index >= 15 is 0 Å². The lowest BCUT2D eigenvalue weighted by Gasteiger charge is -2.26. The summed E-state index contributed by atoms with van der Waals surface area (Å²) in [6, 6.07) is 13.0. The molecule has 1 spiro atoms. The lowest BCUT2D eigenvalue weighted by Crippen LogP contribution is -2.41. The Bertz CT molecular complexity index is 879. The number of carbonyl (C=O) groups excluding carboxylic acids is 1. The van der Waals surface area contributed by atoms with Crippen LogP contribution < -0.4 is 5.56 Å². The first-order chi connectivity index (χ1) is 12.5. The van der Waals surface area contributed by atoms with Gasteiger partial charge in [-0.05, 0) is 18.1 Å². The van der Waals surface area contributed by atoms with Crippen LogP contribution >= 0.6 is 0 Å². The Balaban J connectivity index is 1.52. The van der Waals surface area contributed by atoms with Crippen molar-refractivity contribution in [3.63, 3.8) is 0 Å². The van der Waals surface area contributed by atoms with Crippen molar-refractivity contribution in [1.82, 2.24) is 9.47 Å². The maximum atomic E-state index is 12.8. The molecule has 2 aliphatic rings. The molecule has 0 saturated carbocycles. The van der Waals surface area contributed by atoms with E-state index in [0.29, 0.717) is 25.1 Å². The SMILES string of the molecule is Cn1cc(C(=O)N2C[C@@H](O)[C@@]3(C[C@H](c4ccccc4)CO3)C2)ccc1=O. The Morgan fingerprint density at radius 2 is 2.00 bits per heavy atom. The molecule has 2 aliphatic heterocycles. The van der Waals surface area contributed by atoms with Crippen LogP contribution in [0.2, 0.25) is 0 Å². The van der Waals surface area contributed by atoms with E-state index < -0.39 is 11.7 Å². The van der Waals surface area contributed by atoms with Gasteiger partial charge < -0.3 is 19.3 Å². The van der Waals surface area contributed by atoms with Gasteiger partial charge in [-0.3, -0.25) is 9.59 Å². The van der Waals surface area contributed by atoms with Gasteiger partial charge in [0.2, 0.25) is 5.56 Å². The van der Waals surface area contributed by atoms with Crippen molar-refractivity contribution in [2.45, 2.75) is 24.0 Å². The summed E-state index contributed by atoms with van der Waals surface area (Å²) in [5.74, 6) is 0.0294. The lowest BCUT2D eigenvalue weighted by molar-refractivity contribution is -0.0591. The van der Waals surface area contributed by atoms with Crippen LogP contribution in [0, 0.1) is 0 Å². The fourth-order valence-corrected chi connectivity index (χ4v) is 4.01. The molecule has 1 amide bonds. The second-order valence-electron chi connectivity index (χ2n) is 7.26. The third-order valence-corrected chi connectivity index (χ3v) is 5.51. The zero-order chi connectivity index (χ0) is 18.3. The second-order valence-corrected chi connectivity index (χ2v) is 7.26. The molecule has 4 rings (SSSR count). The van der Waals surface area contributed by atoms with Gasteiger partial charge in [-0.25, -0.2) is 0 Å². The van der Waals surface area contributed by atoms with Crippen molar-refractivity contribution in [2.75, 3.05) is 19.7 Å². The molecular formula is C20H22N2O4. The lowest BCUT2D eigenvalue weighted by atomic mass is 9.87. The molecule has 6 heteroatoms. The number of rotatable bonds is 2. The van der Waals surface area contributed by atoms with Crippen molar-refractivity contribution in [3.8, 4) is 0 Å². The van der Waals surface area contributed by atoms with Crippen LogP contribution in [0.5, 0.6) is 0 Å². The molecule has 1 N–H and O–H groups in total. The van der Waals surface area contributed by atoms with Crippen molar-refractivity contribution in [2.24, 2.45) is 7.05 Å². The standard InChI is InChI=1S/C20H22N2O4/c1-21-10-15(7-8-18(21)24)19(25)22-11-17(23)20(13-22)9-16(12-26-20)14-5-3-2-4-6-14/h2-8,10,16-17,23H,9,11-13H2,1H3/t16-,17+,20+/m0/s1. The van der Waals surface area contributed by atoms with Crippen molar-refractivity contribution in [3.05, 3.63) is 70.1 Å². The number of likely N-dealkylation sites (tertiary alicyclic amines) is 1. The van der Waals surface area contributed by atoms with E-state index in [0.717, 1.165) is 0 Å². The molecule has 2 saturated heterocycles. The maximum absolute atomic E-state index is 12.8. The van der Waals surface area contributed by atoms with E-state index in [2.05, 4.69) is 12.1 Å². The molecule has 0 aliphatic carbocycles. The van der Waals surface area contributed by atoms with Gasteiger partial charge in [-0.2, -0.15) is 0 Å². The Kier molecular flexibility index (Phi) is 4.17. The van der Waals surface area contributed by atoms with Crippen molar-refractivity contribution < 1.29 is 14.6 Å². The fraction of sp³-hybridized carbons (Fsp3) is 0.400. The van der Waals surface area contributed by atoms with Crippen LogP contribution in [-0.4, -0.2) is 51.9 Å². The molecule has 2 fully saturated rings. The third kappa shape index (κ3) is 2.85. The minimum atomic E-state index is -0.715. The van der Waals surface area contributed by atoms with Gasteiger partial charge in [0, 0.05) is 31.8 Å². The van der Waals surface area contributed by atoms with Crippen LogP contribution in [-0.2, 0) is 11.8 Å². The number of carbonyl (C=O) groups is 1. The number of ether oxygens (including phenoxy) is 1. The van der Waals surface area contributed by atoms with E-state index in [4.69, 9.17) is 4.74 Å². The van der Waals surface area contributed by atoms with E-state index in [1.54, 1.807) is 11.9 Å². The van der Waals surface area contributed by atoms with Crippen molar-refractivity contribution in [1.29, 1.82) is 0 Å². The first kappa shape index (κ1) is 17.0. The quantitative estimate of drug-likeness (QED) is 0.878. The number of aromatic nitrogens is 1. The molecule has 1 aromatic carbocycles. The molecule has 3 heterocycles. The summed E-state index contributed by atoms with van der Waals surface area (Å²) in [5.41, 5.74) is 0.759. The molecular weight excluding hydrogens is 332 g/mol. The molecule has 0 radical (unpaired) electrons. The number of hydrogen-bond acceptors (Lipinski definition) is 4. The normalized spacial score (nSPS) is 28.0. The minimum absolute atomic E-state index is 0.163. The average Bonchev–Trinajstić information content (AvgIpc) is 3.22. The predicted octanol–water partition coefficient (Wildman–Crippen LogP) is 1.14. The fourth-order valence-electron chi connectivity index (χ4n) is 4.01. The van der Waals surface area contributed by atoms with Crippen LogP contribution in [0.4, 0.5) is 0 Å². The van der Waals surface area contributed by atoms with Crippen LogP contribution in [0.1, 0.15) is 28.3 Å². The number of amides is 1. The Morgan fingerprint density at radius 3 is 2.73 bits per heavy atom. The smallest absolute Gasteiger partial charge is 0.255 e. The second kappa shape index (κ2) is 6.37. The average molecular weight is 354 g/mol. The summed E-state index contributed by atoms with van der Waals surface area (Å²) < 4.78 is 7.42. The Morgan fingerprint density at radius 1 is 1.23 bits per heavy atom. The van der Waals surface area contributed by atoms with Gasteiger partial charge in [0.15, 0.2) is 0 Å². The summed E-state index contributed by atoms with van der Waals surface area (Å²) in [4.78, 5) is 25.9. The van der Waals surface area contributed by atoms with Gasteiger partial charge in [0.25, 0.3) is 5.91 Å². The van der Waals surface area contributed by atoms with Crippen molar-refractivity contribution >= 4 is 5.91 Å². The van der Waals surface area contributed by atoms with Crippen LogP contribution in [0.3, 0.4) is 0 Å². The summed E-state index contributed by atoms with van der Waals surface area (Å²) in [6.07, 6.45) is 1.51. The Labute approximate surface area is 151 Å². The molecule has 3 atom stereocenters. The largest absolute Gasteiger partial charge is 0.388 e. The first-order valence-corrected chi connectivity index (χ1v) is 8.81. The molecule has 6 nitrogen and oxygen atoms in total. The van der Waals surface area contributed by atoms with E-state index in [-0.39, 0.29) is 23.9 Å². The van der Waals surface area contributed by atoms with Gasteiger partial charge >= 0.3 is 0 Å². The van der Waals surface area contributed by atoms with Crippen LogP contribution in [0.25, 0.3) is 0 Å². The number of β-amino-alcohol motifs (C(OH)–C–C–N with tert-alkyl or cyclic N) is 1. The highest BCUT2D eigenvalue weighted by atomic mass is 16.5. The summed E-state index contributed by atoms with van der Waals surface area (Å²) in [7, 11) is 1.62. The zero-order valence-electron chi connectivity index (χ0n) is 14.7. The summed E-state index contributed by atoms with van der Waals surface area (Å²) in [6.45, 7) is 1.14. The highest BCUT2D eigenvalue weighted by Crippen LogP contribution is 2.42. The highest BCUT2D eigenvalue weighted by molar-refractivity contribution is 5.94. The van der Waals surface area contributed by atoms with E-state index in [1.807, 2.05) is 18.2 Å². The summed E-state index contributed by atoms with van der Waals surface area (Å²) >= 11 is 0. The number of aliphatic hydroxyl groups excluding tert-OH is 1. The minimum Gasteiger partial charge on any atom is -0.388 e. The number of aliphatic hydroxyl groups is 1.